The molecule has 2 nitrogen and oxygen atoms in total. The summed E-state index contributed by atoms with van der Waals surface area (Å²) in [6.45, 7) is 3.67. The monoisotopic (exact) mass is 155 g/mol. The van der Waals surface area contributed by atoms with Crippen molar-refractivity contribution in [2.45, 2.75) is 18.1 Å². The number of hydrogen-bond donors (Lipinski definition) is 1. The molecule has 1 heterocycles. The largest absolute Gasteiger partial charge is 0.340 e. The highest BCUT2D eigenvalue weighted by atomic mass is 19.1. The van der Waals surface area contributed by atoms with Crippen LogP contribution in [0, 0.1) is 0 Å². The second-order valence-corrected chi connectivity index (χ2v) is 2.99. The minimum Gasteiger partial charge on any atom is -0.340 e. The summed E-state index contributed by atoms with van der Waals surface area (Å²) in [5.41, 5.74) is -0.0594. The Morgan fingerprint density at radius 1 is 1.82 bits per heavy atom. The van der Waals surface area contributed by atoms with E-state index in [-0.39, 0.29) is 7.33 Å². The van der Waals surface area contributed by atoms with Crippen LogP contribution < -0.4 is 5.32 Å². The van der Waals surface area contributed by atoms with Crippen LogP contribution >= 0.6 is 0 Å². The van der Waals surface area contributed by atoms with E-state index in [0.29, 0.717) is 12.0 Å². The molecular formula is C8H10FNO. The number of nitrogens with one attached hydrogen (secondary N) is 1. The molecule has 1 N–H and O–H groups in total. The summed E-state index contributed by atoms with van der Waals surface area (Å²) in [7, 11) is 0. The molecule has 1 aliphatic heterocycles. The Bertz CT molecular complexity index is 276. The topological polar surface area (TPSA) is 29.1 Å². The van der Waals surface area contributed by atoms with Gasteiger partial charge in [0, 0.05) is 13.9 Å². The average Bonchev–Trinajstić information content (AvgIpc) is 2.55. The molecule has 0 saturated heterocycles. The van der Waals surface area contributed by atoms with E-state index < -0.39 is 11.7 Å². The molecule has 1 fully saturated rings. The summed E-state index contributed by atoms with van der Waals surface area (Å²) in [5.74, 6) is -0.224. The highest BCUT2D eigenvalue weighted by molar-refractivity contribution is 5.91. The van der Waals surface area contributed by atoms with Gasteiger partial charge in [0.2, 0.25) is 5.91 Å². The van der Waals surface area contributed by atoms with Crippen LogP contribution in [0.2, 0.25) is 0 Å². The van der Waals surface area contributed by atoms with Gasteiger partial charge in [-0.3, -0.25) is 4.79 Å². The molecule has 0 bridgehead atoms. The van der Waals surface area contributed by atoms with Crippen LogP contribution in [0.5, 0.6) is 0 Å². The second kappa shape index (κ2) is 1.72. The van der Waals surface area contributed by atoms with Gasteiger partial charge in [-0.25, -0.2) is 4.39 Å². The first-order chi connectivity index (χ1) is 5.15. The van der Waals surface area contributed by atoms with Crippen molar-refractivity contribution in [3.8, 4) is 0 Å². The summed E-state index contributed by atoms with van der Waals surface area (Å²) >= 11 is 0. The van der Waals surface area contributed by atoms with Crippen molar-refractivity contribution in [3.05, 3.63) is 24.3 Å². The Morgan fingerprint density at radius 2 is 2.45 bits per heavy atom. The summed E-state index contributed by atoms with van der Waals surface area (Å²) in [5, 5.41) is 2.57. The lowest BCUT2D eigenvalue weighted by Crippen LogP contribution is -2.41. The predicted molar refractivity (Wildman–Crippen MR) is 40.8 cm³/mol. The molecule has 2 rings (SSSR count). The third-order valence-electron chi connectivity index (χ3n) is 2.23. The zero-order valence-electron chi connectivity index (χ0n) is 5.93. The van der Waals surface area contributed by atoms with Gasteiger partial charge in [0.15, 0.2) is 0 Å². The van der Waals surface area contributed by atoms with E-state index in [0.717, 1.165) is 0 Å². The van der Waals surface area contributed by atoms with Gasteiger partial charge in [0.1, 0.15) is 6.17 Å². The zero-order chi connectivity index (χ0) is 8.06. The number of amides is 1. The SMILES string of the molecule is C=C1C=CC(=O)NC12CC2F.[HH]. The molecule has 0 aromatic rings. The zero-order valence-corrected chi connectivity index (χ0v) is 5.93. The molecule has 60 valence electrons. The van der Waals surface area contributed by atoms with Gasteiger partial charge in [0.05, 0.1) is 5.54 Å². The standard InChI is InChI=1S/C8H8FNO.H2/c1-5-2-3-7(11)10-8(5)4-6(8)9;/h2-3,6H,1,4H2,(H,10,11);1H. The van der Waals surface area contributed by atoms with Gasteiger partial charge in [-0.2, -0.15) is 0 Å². The lowest BCUT2D eigenvalue weighted by atomic mass is 10.0. The molecule has 2 unspecified atom stereocenters. The van der Waals surface area contributed by atoms with Crippen molar-refractivity contribution in [3.63, 3.8) is 0 Å². The lowest BCUT2D eigenvalue weighted by molar-refractivity contribution is -0.117. The highest BCUT2D eigenvalue weighted by Gasteiger charge is 2.58. The van der Waals surface area contributed by atoms with Crippen LogP contribution in [0.3, 0.4) is 0 Å². The van der Waals surface area contributed by atoms with Crippen LogP contribution in [0.1, 0.15) is 7.85 Å². The highest BCUT2D eigenvalue weighted by Crippen LogP contribution is 2.46. The van der Waals surface area contributed by atoms with E-state index >= 15 is 0 Å². The summed E-state index contributed by atoms with van der Waals surface area (Å²) < 4.78 is 12.8. The van der Waals surface area contributed by atoms with E-state index in [1.807, 2.05) is 0 Å². The first-order valence-corrected chi connectivity index (χ1v) is 3.49. The molecule has 1 spiro atoms. The molecule has 1 amide bonds. The Morgan fingerprint density at radius 3 is 2.91 bits per heavy atom. The van der Waals surface area contributed by atoms with Crippen molar-refractivity contribution >= 4 is 5.91 Å². The summed E-state index contributed by atoms with van der Waals surface area (Å²) in [6, 6.07) is 0. The predicted octanol–water partition coefficient (Wildman–Crippen LogP) is 0.955. The minimum absolute atomic E-state index is 0. The normalized spacial score (nSPS) is 41.0. The third kappa shape index (κ3) is 0.737. The van der Waals surface area contributed by atoms with Crippen LogP contribution in [-0.2, 0) is 4.79 Å². The Balaban J connectivity index is 0.000000720. The fourth-order valence-electron chi connectivity index (χ4n) is 1.35. The molecule has 0 aromatic heterocycles. The first kappa shape index (κ1) is 6.58. The van der Waals surface area contributed by atoms with Gasteiger partial charge in [-0.05, 0) is 5.57 Å². The molecule has 2 atom stereocenters. The number of carbonyl (C=O) groups is 1. The second-order valence-electron chi connectivity index (χ2n) is 2.99. The lowest BCUT2D eigenvalue weighted by Gasteiger charge is -2.20. The van der Waals surface area contributed by atoms with Gasteiger partial charge >= 0.3 is 0 Å². The van der Waals surface area contributed by atoms with Crippen LogP contribution in [0.25, 0.3) is 0 Å². The quantitative estimate of drug-likeness (QED) is 0.554. The molecule has 3 heteroatoms. The molecule has 2 aliphatic rings. The van der Waals surface area contributed by atoms with Gasteiger partial charge in [-0.15, -0.1) is 0 Å². The van der Waals surface area contributed by atoms with E-state index in [1.165, 1.54) is 6.08 Å². The van der Waals surface area contributed by atoms with E-state index in [4.69, 9.17) is 0 Å². The Kier molecular flexibility index (Phi) is 1.03. The summed E-state index contributed by atoms with van der Waals surface area (Å²) in [4.78, 5) is 10.8. The molecule has 1 saturated carbocycles. The number of hydrogen-bond acceptors (Lipinski definition) is 1. The van der Waals surface area contributed by atoms with E-state index in [9.17, 15) is 9.18 Å². The van der Waals surface area contributed by atoms with Crippen LogP contribution in [0.15, 0.2) is 24.3 Å². The minimum atomic E-state index is -0.941. The molecular weight excluding hydrogens is 145 g/mol. The maximum absolute atomic E-state index is 12.8. The van der Waals surface area contributed by atoms with Crippen LogP contribution in [-0.4, -0.2) is 17.6 Å². The average molecular weight is 155 g/mol. The first-order valence-electron chi connectivity index (χ1n) is 3.49. The molecule has 11 heavy (non-hydrogen) atoms. The maximum Gasteiger partial charge on any atom is 0.244 e. The van der Waals surface area contributed by atoms with Gasteiger partial charge < -0.3 is 5.32 Å². The molecule has 0 aromatic carbocycles. The molecule has 0 radical (unpaired) electrons. The number of carbonyl (C=O) groups excluding carboxylic acids is 1. The van der Waals surface area contributed by atoms with E-state index in [2.05, 4.69) is 11.9 Å². The Hall–Kier alpha value is -1.12. The molecule has 1 aliphatic carbocycles. The van der Waals surface area contributed by atoms with E-state index in [1.54, 1.807) is 6.08 Å². The van der Waals surface area contributed by atoms with Crippen molar-refractivity contribution in [1.29, 1.82) is 0 Å². The number of halogens is 1. The fraction of sp³-hybridized carbons (Fsp3) is 0.375. The van der Waals surface area contributed by atoms with Crippen molar-refractivity contribution < 1.29 is 10.6 Å². The fourth-order valence-corrected chi connectivity index (χ4v) is 1.35. The van der Waals surface area contributed by atoms with Crippen molar-refractivity contribution in [2.75, 3.05) is 0 Å². The number of alkyl halides is 1. The van der Waals surface area contributed by atoms with Gasteiger partial charge in [-0.1, -0.05) is 12.7 Å². The van der Waals surface area contributed by atoms with Gasteiger partial charge in [0.25, 0.3) is 0 Å². The summed E-state index contributed by atoms with van der Waals surface area (Å²) in [6.07, 6.45) is 2.39. The van der Waals surface area contributed by atoms with Crippen molar-refractivity contribution in [2.24, 2.45) is 0 Å². The smallest absolute Gasteiger partial charge is 0.244 e. The third-order valence-corrected chi connectivity index (χ3v) is 2.23. The maximum atomic E-state index is 12.8. The number of rotatable bonds is 0. The Labute approximate surface area is 65.3 Å². The van der Waals surface area contributed by atoms with Crippen molar-refractivity contribution in [1.82, 2.24) is 5.32 Å². The van der Waals surface area contributed by atoms with Crippen LogP contribution in [0.4, 0.5) is 4.39 Å².